The van der Waals surface area contributed by atoms with Crippen LogP contribution in [0.5, 0.6) is 0 Å². The minimum absolute atomic E-state index is 0.101. The molecular weight excluding hydrogens is 312 g/mol. The van der Waals surface area contributed by atoms with E-state index in [9.17, 15) is 0 Å². The zero-order valence-corrected chi connectivity index (χ0v) is 12.8. The summed E-state index contributed by atoms with van der Waals surface area (Å²) in [6.45, 7) is 4.50. The SMILES string of the molecule is CC1(C)Cc2nc(-c3occc3Br)sc2C(N)C1. The third kappa shape index (κ3) is 2.04. The highest BCUT2D eigenvalue weighted by molar-refractivity contribution is 9.10. The topological polar surface area (TPSA) is 52.0 Å². The van der Waals surface area contributed by atoms with Crippen molar-refractivity contribution in [2.24, 2.45) is 11.1 Å². The fraction of sp³-hybridized carbons (Fsp3) is 0.462. The van der Waals surface area contributed by atoms with Gasteiger partial charge in [0.25, 0.3) is 0 Å². The monoisotopic (exact) mass is 326 g/mol. The molecule has 3 nitrogen and oxygen atoms in total. The molecule has 0 fully saturated rings. The number of nitrogens with two attached hydrogens (primary N) is 1. The van der Waals surface area contributed by atoms with E-state index in [-0.39, 0.29) is 11.5 Å². The number of aromatic nitrogens is 1. The van der Waals surface area contributed by atoms with Crippen molar-refractivity contribution in [3.8, 4) is 10.8 Å². The van der Waals surface area contributed by atoms with Crippen LogP contribution in [0.25, 0.3) is 10.8 Å². The van der Waals surface area contributed by atoms with E-state index in [1.165, 1.54) is 4.88 Å². The van der Waals surface area contributed by atoms with Gasteiger partial charge in [-0.15, -0.1) is 11.3 Å². The van der Waals surface area contributed by atoms with Crippen molar-refractivity contribution in [3.63, 3.8) is 0 Å². The van der Waals surface area contributed by atoms with Gasteiger partial charge in [0.15, 0.2) is 10.8 Å². The Balaban J connectivity index is 2.06. The molecule has 0 radical (unpaired) electrons. The molecule has 2 aromatic rings. The minimum atomic E-state index is 0.101. The van der Waals surface area contributed by atoms with Gasteiger partial charge in [-0.05, 0) is 40.3 Å². The number of rotatable bonds is 1. The van der Waals surface area contributed by atoms with Crippen LogP contribution >= 0.6 is 27.3 Å². The summed E-state index contributed by atoms with van der Waals surface area (Å²) < 4.78 is 6.42. The van der Waals surface area contributed by atoms with E-state index in [0.717, 1.165) is 33.8 Å². The van der Waals surface area contributed by atoms with Crippen LogP contribution in [-0.4, -0.2) is 4.98 Å². The van der Waals surface area contributed by atoms with Crippen molar-refractivity contribution in [2.75, 3.05) is 0 Å². The fourth-order valence-electron chi connectivity index (χ4n) is 2.54. The fourth-order valence-corrected chi connectivity index (χ4v) is 4.14. The van der Waals surface area contributed by atoms with Crippen LogP contribution in [0, 0.1) is 5.41 Å². The standard InChI is InChI=1S/C13H15BrN2OS/c1-13(2)5-8(15)11-9(6-13)16-12(18-11)10-7(14)3-4-17-10/h3-4,8H,5-6,15H2,1-2H3. The lowest BCUT2D eigenvalue weighted by Crippen LogP contribution is -2.28. The average molecular weight is 327 g/mol. The van der Waals surface area contributed by atoms with Crippen molar-refractivity contribution in [2.45, 2.75) is 32.7 Å². The molecule has 0 aliphatic heterocycles. The number of halogens is 1. The normalized spacial score (nSPS) is 21.9. The third-order valence-corrected chi connectivity index (χ3v) is 5.15. The van der Waals surface area contributed by atoms with Crippen LogP contribution in [-0.2, 0) is 6.42 Å². The highest BCUT2D eigenvalue weighted by atomic mass is 79.9. The molecule has 18 heavy (non-hydrogen) atoms. The smallest absolute Gasteiger partial charge is 0.176 e. The van der Waals surface area contributed by atoms with Gasteiger partial charge in [0.1, 0.15) is 0 Å². The molecule has 0 aromatic carbocycles. The van der Waals surface area contributed by atoms with Crippen molar-refractivity contribution >= 4 is 27.3 Å². The zero-order chi connectivity index (χ0) is 12.9. The van der Waals surface area contributed by atoms with E-state index in [1.54, 1.807) is 17.6 Å². The Morgan fingerprint density at radius 2 is 2.33 bits per heavy atom. The maximum Gasteiger partial charge on any atom is 0.176 e. The number of nitrogens with zero attached hydrogens (tertiary/aromatic N) is 1. The average Bonchev–Trinajstić information content (AvgIpc) is 2.82. The van der Waals surface area contributed by atoms with Gasteiger partial charge in [-0.25, -0.2) is 4.98 Å². The molecule has 0 saturated carbocycles. The predicted octanol–water partition coefficient (Wildman–Crippen LogP) is 4.14. The molecular formula is C13H15BrN2OS. The summed E-state index contributed by atoms with van der Waals surface area (Å²) in [6.07, 6.45) is 3.68. The Bertz CT molecular complexity index is 588. The number of hydrogen-bond donors (Lipinski definition) is 1. The minimum Gasteiger partial charge on any atom is -0.461 e. The van der Waals surface area contributed by atoms with Crippen LogP contribution in [0.15, 0.2) is 21.2 Å². The summed E-state index contributed by atoms with van der Waals surface area (Å²) in [7, 11) is 0. The molecule has 0 spiro atoms. The first-order valence-corrected chi connectivity index (χ1v) is 7.56. The van der Waals surface area contributed by atoms with Crippen molar-refractivity contribution in [1.82, 2.24) is 4.98 Å². The Morgan fingerprint density at radius 1 is 1.56 bits per heavy atom. The highest BCUT2D eigenvalue weighted by Gasteiger charge is 2.33. The molecule has 1 atom stereocenters. The van der Waals surface area contributed by atoms with Crippen LogP contribution in [0.4, 0.5) is 0 Å². The van der Waals surface area contributed by atoms with Crippen LogP contribution < -0.4 is 5.73 Å². The predicted molar refractivity (Wildman–Crippen MR) is 76.5 cm³/mol. The molecule has 2 heterocycles. The summed E-state index contributed by atoms with van der Waals surface area (Å²) in [6, 6.07) is 1.99. The molecule has 1 aliphatic carbocycles. The Kier molecular flexibility index (Phi) is 2.88. The Hall–Kier alpha value is -0.650. The number of furan rings is 1. The molecule has 0 saturated heterocycles. The first-order valence-electron chi connectivity index (χ1n) is 5.95. The quantitative estimate of drug-likeness (QED) is 0.856. The summed E-state index contributed by atoms with van der Waals surface area (Å²) >= 11 is 5.13. The van der Waals surface area contributed by atoms with Crippen LogP contribution in [0.1, 0.15) is 36.9 Å². The first-order chi connectivity index (χ1) is 8.46. The second-order valence-corrected chi connectivity index (χ2v) is 7.46. The maximum absolute atomic E-state index is 6.25. The molecule has 96 valence electrons. The largest absolute Gasteiger partial charge is 0.461 e. The molecule has 1 aliphatic rings. The van der Waals surface area contributed by atoms with Gasteiger partial charge in [0.2, 0.25) is 0 Å². The van der Waals surface area contributed by atoms with E-state index in [1.807, 2.05) is 6.07 Å². The van der Waals surface area contributed by atoms with Crippen molar-refractivity contribution < 1.29 is 4.42 Å². The lowest BCUT2D eigenvalue weighted by atomic mass is 9.77. The molecule has 3 rings (SSSR count). The van der Waals surface area contributed by atoms with E-state index in [2.05, 4.69) is 29.8 Å². The molecule has 1 unspecified atom stereocenters. The summed E-state index contributed by atoms with van der Waals surface area (Å²) in [5.74, 6) is 0.805. The van der Waals surface area contributed by atoms with E-state index < -0.39 is 0 Å². The van der Waals surface area contributed by atoms with Gasteiger partial charge in [-0.1, -0.05) is 13.8 Å². The van der Waals surface area contributed by atoms with Gasteiger partial charge in [-0.3, -0.25) is 0 Å². The maximum atomic E-state index is 6.25. The number of hydrogen-bond acceptors (Lipinski definition) is 4. The Morgan fingerprint density at radius 3 is 3.00 bits per heavy atom. The zero-order valence-electron chi connectivity index (χ0n) is 10.4. The van der Waals surface area contributed by atoms with Gasteiger partial charge in [-0.2, -0.15) is 0 Å². The number of fused-ring (bicyclic) bond motifs is 1. The Labute approximate surface area is 119 Å². The lowest BCUT2D eigenvalue weighted by Gasteiger charge is -2.32. The van der Waals surface area contributed by atoms with Gasteiger partial charge >= 0.3 is 0 Å². The highest BCUT2D eigenvalue weighted by Crippen LogP contribution is 2.44. The molecule has 2 N–H and O–H groups in total. The summed E-state index contributed by atoms with van der Waals surface area (Å²) in [4.78, 5) is 5.93. The molecule has 2 aromatic heterocycles. The molecule has 0 bridgehead atoms. The third-order valence-electron chi connectivity index (χ3n) is 3.29. The van der Waals surface area contributed by atoms with Gasteiger partial charge in [0.05, 0.1) is 16.4 Å². The lowest BCUT2D eigenvalue weighted by molar-refractivity contribution is 0.282. The summed E-state index contributed by atoms with van der Waals surface area (Å²) in [5.41, 5.74) is 7.63. The van der Waals surface area contributed by atoms with Gasteiger partial charge in [0, 0.05) is 10.9 Å². The first kappa shape index (κ1) is 12.4. The van der Waals surface area contributed by atoms with E-state index in [4.69, 9.17) is 15.1 Å². The second kappa shape index (κ2) is 4.18. The van der Waals surface area contributed by atoms with Crippen molar-refractivity contribution in [3.05, 3.63) is 27.4 Å². The summed E-state index contributed by atoms with van der Waals surface area (Å²) in [5, 5.41) is 0.921. The second-order valence-electron chi connectivity index (χ2n) is 5.58. The number of thiazole rings is 1. The van der Waals surface area contributed by atoms with Crippen LogP contribution in [0.2, 0.25) is 0 Å². The molecule has 0 amide bonds. The van der Waals surface area contributed by atoms with E-state index in [0.29, 0.717) is 0 Å². The van der Waals surface area contributed by atoms with Crippen molar-refractivity contribution in [1.29, 1.82) is 0 Å². The molecule has 5 heteroatoms. The van der Waals surface area contributed by atoms with Crippen LogP contribution in [0.3, 0.4) is 0 Å². The van der Waals surface area contributed by atoms with Gasteiger partial charge < -0.3 is 10.2 Å². The van der Waals surface area contributed by atoms with E-state index >= 15 is 0 Å².